The Morgan fingerprint density at radius 2 is 2.18 bits per heavy atom. The molecule has 0 unspecified atom stereocenters. The summed E-state index contributed by atoms with van der Waals surface area (Å²) < 4.78 is 12.3. The Kier molecular flexibility index (Phi) is 2.15. The molecule has 1 aliphatic rings. The number of hydrogen-bond acceptors (Lipinski definition) is 2. The number of nitriles is 1. The fraction of sp³-hybridized carbons (Fsp3) is 0.875. The number of halogens is 1. The zero-order chi connectivity index (χ0) is 8.48. The lowest BCUT2D eigenvalue weighted by Gasteiger charge is -2.46. The zero-order valence-electron chi connectivity index (χ0n) is 6.97. The minimum Gasteiger partial charge on any atom is -0.297 e. The molecule has 1 heterocycles. The maximum absolute atomic E-state index is 12.3. The normalized spacial score (nSPS) is 22.8. The predicted octanol–water partition coefficient (Wildman–Crippen LogP) is 1.19. The Morgan fingerprint density at radius 1 is 1.64 bits per heavy atom. The van der Waals surface area contributed by atoms with E-state index in [1.807, 2.05) is 6.07 Å². The molecule has 1 saturated heterocycles. The van der Waals surface area contributed by atoms with Crippen LogP contribution in [0.25, 0.3) is 0 Å². The quantitative estimate of drug-likeness (QED) is 0.600. The number of nitrogens with zero attached hydrogens (tertiary/aromatic N) is 2. The number of hydrogen-bond donors (Lipinski definition) is 0. The van der Waals surface area contributed by atoms with Crippen molar-refractivity contribution in [1.82, 2.24) is 4.90 Å². The van der Waals surface area contributed by atoms with Gasteiger partial charge in [-0.15, -0.1) is 0 Å². The van der Waals surface area contributed by atoms with Gasteiger partial charge < -0.3 is 0 Å². The van der Waals surface area contributed by atoms with E-state index < -0.39 is 12.1 Å². The highest BCUT2D eigenvalue weighted by Gasteiger charge is 2.44. The molecule has 0 amide bonds. The highest BCUT2D eigenvalue weighted by molar-refractivity contribution is 5.09. The zero-order valence-corrected chi connectivity index (χ0v) is 6.97. The summed E-state index contributed by atoms with van der Waals surface area (Å²) in [6.07, 6.45) is 0. The van der Waals surface area contributed by atoms with Crippen LogP contribution in [0, 0.1) is 16.7 Å². The molecule has 0 radical (unpaired) electrons. The largest absolute Gasteiger partial charge is 0.297 e. The van der Waals surface area contributed by atoms with Crippen molar-refractivity contribution in [3.63, 3.8) is 0 Å². The van der Waals surface area contributed by atoms with Crippen molar-refractivity contribution in [3.8, 4) is 6.07 Å². The molecular formula is C8H13FN2. The summed E-state index contributed by atoms with van der Waals surface area (Å²) in [5, 5.41) is 8.62. The maximum atomic E-state index is 12.3. The molecule has 1 fully saturated rings. The van der Waals surface area contributed by atoms with Gasteiger partial charge in [0.25, 0.3) is 0 Å². The Hall–Kier alpha value is -0.620. The molecule has 0 aromatic rings. The Labute approximate surface area is 66.6 Å². The monoisotopic (exact) mass is 156 g/mol. The van der Waals surface area contributed by atoms with E-state index in [0.717, 1.165) is 0 Å². The summed E-state index contributed by atoms with van der Waals surface area (Å²) in [6.45, 7) is 4.79. The first-order valence-electron chi connectivity index (χ1n) is 3.85. The van der Waals surface area contributed by atoms with Crippen molar-refractivity contribution < 1.29 is 4.39 Å². The van der Waals surface area contributed by atoms with Gasteiger partial charge in [0.1, 0.15) is 12.1 Å². The van der Waals surface area contributed by atoms with Crippen LogP contribution >= 0.6 is 0 Å². The fourth-order valence-electron chi connectivity index (χ4n) is 1.28. The van der Waals surface area contributed by atoms with E-state index in [0.29, 0.717) is 19.1 Å². The molecule has 0 spiro atoms. The van der Waals surface area contributed by atoms with Crippen molar-refractivity contribution in [1.29, 1.82) is 5.26 Å². The SMILES string of the molecule is CC(C)N1CC(C#N)(CF)C1. The van der Waals surface area contributed by atoms with Gasteiger partial charge in [-0.3, -0.25) is 4.90 Å². The van der Waals surface area contributed by atoms with Gasteiger partial charge >= 0.3 is 0 Å². The lowest BCUT2D eigenvalue weighted by molar-refractivity contribution is 0.00303. The average molecular weight is 156 g/mol. The van der Waals surface area contributed by atoms with Gasteiger partial charge in [-0.05, 0) is 13.8 Å². The Bertz CT molecular complexity index is 177. The molecule has 0 saturated carbocycles. The average Bonchev–Trinajstić information content (AvgIpc) is 1.87. The number of alkyl halides is 1. The van der Waals surface area contributed by atoms with Crippen LogP contribution in [-0.4, -0.2) is 30.7 Å². The van der Waals surface area contributed by atoms with Gasteiger partial charge in [0, 0.05) is 19.1 Å². The molecule has 0 aliphatic carbocycles. The van der Waals surface area contributed by atoms with E-state index in [1.54, 1.807) is 0 Å². The van der Waals surface area contributed by atoms with Crippen LogP contribution in [0.3, 0.4) is 0 Å². The van der Waals surface area contributed by atoms with Crippen LogP contribution in [0.15, 0.2) is 0 Å². The predicted molar refractivity (Wildman–Crippen MR) is 40.7 cm³/mol. The summed E-state index contributed by atoms with van der Waals surface area (Å²) >= 11 is 0. The van der Waals surface area contributed by atoms with Crippen molar-refractivity contribution in [2.24, 2.45) is 5.41 Å². The third kappa shape index (κ3) is 1.36. The first kappa shape index (κ1) is 8.48. The lowest BCUT2D eigenvalue weighted by Crippen LogP contribution is -2.59. The molecule has 0 bridgehead atoms. The van der Waals surface area contributed by atoms with Crippen molar-refractivity contribution in [2.75, 3.05) is 19.8 Å². The minimum absolute atomic E-state index is 0.433. The van der Waals surface area contributed by atoms with Crippen molar-refractivity contribution in [3.05, 3.63) is 0 Å². The van der Waals surface area contributed by atoms with Gasteiger partial charge in [-0.25, -0.2) is 4.39 Å². The second-order valence-electron chi connectivity index (χ2n) is 3.52. The maximum Gasteiger partial charge on any atom is 0.111 e. The highest BCUT2D eigenvalue weighted by Crippen LogP contribution is 2.31. The Morgan fingerprint density at radius 3 is 2.45 bits per heavy atom. The molecular weight excluding hydrogens is 143 g/mol. The van der Waals surface area contributed by atoms with Gasteiger partial charge in [0.15, 0.2) is 0 Å². The first-order chi connectivity index (χ1) is 5.13. The second kappa shape index (κ2) is 2.78. The fourth-order valence-corrected chi connectivity index (χ4v) is 1.28. The lowest BCUT2D eigenvalue weighted by atomic mass is 9.82. The molecule has 0 atom stereocenters. The summed E-state index contributed by atoms with van der Waals surface area (Å²) in [5.74, 6) is 0. The van der Waals surface area contributed by atoms with Crippen molar-refractivity contribution >= 4 is 0 Å². The summed E-state index contributed by atoms with van der Waals surface area (Å²) in [4.78, 5) is 2.10. The van der Waals surface area contributed by atoms with Crippen LogP contribution in [0.1, 0.15) is 13.8 Å². The minimum atomic E-state index is -0.676. The summed E-state index contributed by atoms with van der Waals surface area (Å²) in [6, 6.07) is 2.47. The van der Waals surface area contributed by atoms with Crippen LogP contribution in [0.5, 0.6) is 0 Å². The van der Waals surface area contributed by atoms with E-state index in [1.165, 1.54) is 0 Å². The van der Waals surface area contributed by atoms with Crippen LogP contribution in [-0.2, 0) is 0 Å². The molecule has 3 heteroatoms. The van der Waals surface area contributed by atoms with Crippen LogP contribution in [0.4, 0.5) is 4.39 Å². The molecule has 1 aliphatic heterocycles. The molecule has 1 rings (SSSR count). The smallest absolute Gasteiger partial charge is 0.111 e. The molecule has 11 heavy (non-hydrogen) atoms. The van der Waals surface area contributed by atoms with E-state index in [-0.39, 0.29) is 0 Å². The van der Waals surface area contributed by atoms with Gasteiger partial charge in [-0.1, -0.05) is 0 Å². The topological polar surface area (TPSA) is 27.0 Å². The molecule has 0 aromatic heterocycles. The summed E-state index contributed by atoms with van der Waals surface area (Å²) in [5.41, 5.74) is -0.676. The van der Waals surface area contributed by atoms with E-state index in [9.17, 15) is 4.39 Å². The van der Waals surface area contributed by atoms with Gasteiger partial charge in [0.05, 0.1) is 6.07 Å². The van der Waals surface area contributed by atoms with E-state index in [4.69, 9.17) is 5.26 Å². The molecule has 2 nitrogen and oxygen atoms in total. The third-order valence-corrected chi connectivity index (χ3v) is 2.23. The number of likely N-dealkylation sites (tertiary alicyclic amines) is 1. The van der Waals surface area contributed by atoms with E-state index in [2.05, 4.69) is 18.7 Å². The Balaban J connectivity index is 2.44. The highest BCUT2D eigenvalue weighted by atomic mass is 19.1. The van der Waals surface area contributed by atoms with Gasteiger partial charge in [0.2, 0.25) is 0 Å². The first-order valence-corrected chi connectivity index (χ1v) is 3.85. The standard InChI is InChI=1S/C8H13FN2/c1-7(2)11-5-8(3-9,4-10)6-11/h7H,3,5-6H2,1-2H3. The molecule has 62 valence electrons. The van der Waals surface area contributed by atoms with Crippen molar-refractivity contribution in [2.45, 2.75) is 19.9 Å². The van der Waals surface area contributed by atoms with Crippen LogP contribution < -0.4 is 0 Å². The molecule has 0 aromatic carbocycles. The third-order valence-electron chi connectivity index (χ3n) is 2.23. The molecule has 0 N–H and O–H groups in total. The van der Waals surface area contributed by atoms with E-state index >= 15 is 0 Å². The summed E-state index contributed by atoms with van der Waals surface area (Å²) in [7, 11) is 0. The number of rotatable bonds is 2. The second-order valence-corrected chi connectivity index (χ2v) is 3.52. The van der Waals surface area contributed by atoms with Gasteiger partial charge in [-0.2, -0.15) is 5.26 Å². The van der Waals surface area contributed by atoms with Crippen LogP contribution in [0.2, 0.25) is 0 Å².